The molecular formula is C14H17NO5. The summed E-state index contributed by atoms with van der Waals surface area (Å²) in [6.07, 6.45) is 0.420. The predicted octanol–water partition coefficient (Wildman–Crippen LogP) is 1.25. The van der Waals surface area contributed by atoms with Crippen LogP contribution in [0, 0.1) is 0 Å². The average Bonchev–Trinajstić information content (AvgIpc) is 2.42. The van der Waals surface area contributed by atoms with Crippen LogP contribution < -0.4 is 10.1 Å². The molecular weight excluding hydrogens is 262 g/mol. The summed E-state index contributed by atoms with van der Waals surface area (Å²) in [4.78, 5) is 33.2. The van der Waals surface area contributed by atoms with Gasteiger partial charge in [-0.25, -0.2) is 4.79 Å². The van der Waals surface area contributed by atoms with Gasteiger partial charge in [0.05, 0.1) is 0 Å². The number of hydrogen-bond acceptors (Lipinski definition) is 4. The van der Waals surface area contributed by atoms with Crippen LogP contribution in [-0.2, 0) is 9.59 Å². The molecule has 0 aliphatic rings. The van der Waals surface area contributed by atoms with Crippen molar-refractivity contribution in [3.8, 4) is 5.75 Å². The number of nitrogens with one attached hydrogen (secondary N) is 1. The molecule has 1 aromatic rings. The van der Waals surface area contributed by atoms with Crippen molar-refractivity contribution in [3.63, 3.8) is 0 Å². The first-order valence-corrected chi connectivity index (χ1v) is 6.20. The molecule has 1 amide bonds. The average molecular weight is 279 g/mol. The molecule has 1 unspecified atom stereocenters. The molecule has 1 rings (SSSR count). The van der Waals surface area contributed by atoms with Gasteiger partial charge in [-0.1, -0.05) is 6.92 Å². The first-order chi connectivity index (χ1) is 9.43. The van der Waals surface area contributed by atoms with Crippen molar-refractivity contribution in [2.75, 3.05) is 6.61 Å². The molecule has 0 saturated carbocycles. The molecule has 6 heteroatoms. The van der Waals surface area contributed by atoms with Crippen molar-refractivity contribution in [1.82, 2.24) is 5.32 Å². The summed E-state index contributed by atoms with van der Waals surface area (Å²) in [7, 11) is 0. The van der Waals surface area contributed by atoms with Crippen LogP contribution in [0.1, 0.15) is 30.6 Å². The zero-order valence-corrected chi connectivity index (χ0v) is 11.4. The lowest BCUT2D eigenvalue weighted by Gasteiger charge is -2.14. The Labute approximate surface area is 116 Å². The first kappa shape index (κ1) is 15.7. The van der Waals surface area contributed by atoms with Crippen molar-refractivity contribution in [3.05, 3.63) is 29.8 Å². The van der Waals surface area contributed by atoms with Crippen LogP contribution in [0.3, 0.4) is 0 Å². The van der Waals surface area contributed by atoms with E-state index in [1.807, 2.05) is 0 Å². The Hall–Kier alpha value is -2.37. The molecule has 1 aromatic carbocycles. The van der Waals surface area contributed by atoms with Crippen molar-refractivity contribution in [2.45, 2.75) is 26.3 Å². The first-order valence-electron chi connectivity index (χ1n) is 6.20. The minimum atomic E-state index is -1.17. The Bertz CT molecular complexity index is 495. The van der Waals surface area contributed by atoms with Crippen LogP contribution in [-0.4, -0.2) is 35.4 Å². The normalized spacial score (nSPS) is 11.5. The number of carbonyl (C=O) groups is 3. The van der Waals surface area contributed by atoms with Gasteiger partial charge < -0.3 is 15.2 Å². The fourth-order valence-corrected chi connectivity index (χ4v) is 1.54. The maximum atomic E-state index is 11.4. The van der Waals surface area contributed by atoms with Gasteiger partial charge in [-0.3, -0.25) is 9.59 Å². The Kier molecular flexibility index (Phi) is 5.71. The van der Waals surface area contributed by atoms with Crippen molar-refractivity contribution < 1.29 is 24.2 Å². The molecule has 0 fully saturated rings. The van der Waals surface area contributed by atoms with Gasteiger partial charge in [-0.2, -0.15) is 0 Å². The van der Waals surface area contributed by atoms with E-state index in [0.717, 1.165) is 0 Å². The fraction of sp³-hybridized carbons (Fsp3) is 0.357. The van der Waals surface area contributed by atoms with E-state index in [1.54, 1.807) is 31.2 Å². The van der Waals surface area contributed by atoms with Crippen LogP contribution in [0.2, 0.25) is 0 Å². The van der Waals surface area contributed by atoms with Gasteiger partial charge in [0.25, 0.3) is 0 Å². The summed E-state index contributed by atoms with van der Waals surface area (Å²) in [5.41, 5.74) is 0.580. The second-order valence-corrected chi connectivity index (χ2v) is 4.20. The summed E-state index contributed by atoms with van der Waals surface area (Å²) in [6.45, 7) is 2.83. The van der Waals surface area contributed by atoms with Gasteiger partial charge in [-0.15, -0.1) is 0 Å². The van der Waals surface area contributed by atoms with Gasteiger partial charge in [0.2, 0.25) is 5.91 Å². The number of carbonyl (C=O) groups excluding carboxylic acids is 2. The number of amides is 1. The van der Waals surface area contributed by atoms with Crippen molar-refractivity contribution in [1.29, 1.82) is 0 Å². The molecule has 108 valence electrons. The number of carboxylic acid groups (broad SMARTS) is 1. The van der Waals surface area contributed by atoms with Gasteiger partial charge >= 0.3 is 5.97 Å². The highest BCUT2D eigenvalue weighted by atomic mass is 16.5. The summed E-state index contributed by atoms with van der Waals surface area (Å²) in [5, 5.41) is 11.2. The number of carboxylic acids is 1. The minimum Gasteiger partial charge on any atom is -0.491 e. The molecule has 0 spiro atoms. The highest BCUT2D eigenvalue weighted by Gasteiger charge is 2.19. The van der Waals surface area contributed by atoms with Gasteiger partial charge in [0.15, 0.2) is 11.8 Å². The molecule has 0 aliphatic carbocycles. The second kappa shape index (κ2) is 7.28. The third-order valence-corrected chi connectivity index (χ3v) is 2.59. The van der Waals surface area contributed by atoms with E-state index in [9.17, 15) is 14.4 Å². The third-order valence-electron chi connectivity index (χ3n) is 2.59. The molecule has 0 heterocycles. The van der Waals surface area contributed by atoms with Gasteiger partial charge in [-0.05, 0) is 24.3 Å². The van der Waals surface area contributed by atoms with Crippen LogP contribution in [0.5, 0.6) is 5.75 Å². The topological polar surface area (TPSA) is 92.7 Å². The highest BCUT2D eigenvalue weighted by molar-refractivity contribution is 5.95. The van der Waals surface area contributed by atoms with Gasteiger partial charge in [0, 0.05) is 18.9 Å². The molecule has 1 atom stereocenters. The minimum absolute atomic E-state index is 0.0261. The molecule has 0 saturated heterocycles. The zero-order chi connectivity index (χ0) is 15.1. The van der Waals surface area contributed by atoms with Crippen LogP contribution in [0.15, 0.2) is 24.3 Å². The maximum absolute atomic E-state index is 11.4. The third kappa shape index (κ3) is 4.72. The Balaban J connectivity index is 2.62. The highest BCUT2D eigenvalue weighted by Crippen LogP contribution is 2.13. The van der Waals surface area contributed by atoms with Crippen molar-refractivity contribution >= 4 is 17.7 Å². The van der Waals surface area contributed by atoms with E-state index in [2.05, 4.69) is 5.32 Å². The number of Topliss-reactive ketones (excluding diaryl/α,β-unsaturated/α-hetero) is 1. The summed E-state index contributed by atoms with van der Waals surface area (Å²) in [6, 6.07) is 5.32. The van der Waals surface area contributed by atoms with Crippen LogP contribution >= 0.6 is 0 Å². The lowest BCUT2D eigenvalue weighted by molar-refractivity contribution is -0.142. The lowest BCUT2D eigenvalue weighted by atomic mass is 10.1. The zero-order valence-electron chi connectivity index (χ0n) is 11.4. The number of ketones is 1. The Morgan fingerprint density at radius 3 is 2.30 bits per heavy atom. The Morgan fingerprint density at radius 1 is 1.25 bits per heavy atom. The SMILES string of the molecule is CCC(=O)c1ccc(OCC(NC(C)=O)C(=O)O)cc1. The Morgan fingerprint density at radius 2 is 1.85 bits per heavy atom. The quantitative estimate of drug-likeness (QED) is 0.733. The number of benzene rings is 1. The monoisotopic (exact) mass is 279 g/mol. The fourth-order valence-electron chi connectivity index (χ4n) is 1.54. The molecule has 0 bridgehead atoms. The van der Waals surface area contributed by atoms with Crippen LogP contribution in [0.4, 0.5) is 0 Å². The van der Waals surface area contributed by atoms with Crippen molar-refractivity contribution in [2.24, 2.45) is 0 Å². The van der Waals surface area contributed by atoms with E-state index in [4.69, 9.17) is 9.84 Å². The summed E-state index contributed by atoms with van der Waals surface area (Å²) < 4.78 is 5.29. The smallest absolute Gasteiger partial charge is 0.329 e. The van der Waals surface area contributed by atoms with E-state index < -0.39 is 17.9 Å². The predicted molar refractivity (Wildman–Crippen MR) is 71.8 cm³/mol. The summed E-state index contributed by atoms with van der Waals surface area (Å²) in [5.74, 6) is -1.14. The number of aliphatic carboxylic acids is 1. The molecule has 0 aliphatic heterocycles. The maximum Gasteiger partial charge on any atom is 0.329 e. The number of rotatable bonds is 7. The molecule has 20 heavy (non-hydrogen) atoms. The lowest BCUT2D eigenvalue weighted by Crippen LogP contribution is -2.43. The van der Waals surface area contributed by atoms with E-state index in [-0.39, 0.29) is 12.4 Å². The van der Waals surface area contributed by atoms with E-state index >= 15 is 0 Å². The molecule has 0 aromatic heterocycles. The second-order valence-electron chi connectivity index (χ2n) is 4.20. The largest absolute Gasteiger partial charge is 0.491 e. The van der Waals surface area contributed by atoms with Crippen LogP contribution in [0.25, 0.3) is 0 Å². The molecule has 0 radical (unpaired) electrons. The number of hydrogen-bond donors (Lipinski definition) is 2. The molecule has 2 N–H and O–H groups in total. The number of ether oxygens (including phenoxy) is 1. The van der Waals surface area contributed by atoms with Gasteiger partial charge in [0.1, 0.15) is 12.4 Å². The molecule has 6 nitrogen and oxygen atoms in total. The summed E-state index contributed by atoms with van der Waals surface area (Å²) >= 11 is 0. The standard InChI is InChI=1S/C14H17NO5/c1-3-13(17)10-4-6-11(7-5-10)20-8-12(14(18)19)15-9(2)16/h4-7,12H,3,8H2,1-2H3,(H,15,16)(H,18,19). The van der Waals surface area contributed by atoms with E-state index in [1.165, 1.54) is 6.92 Å². The van der Waals surface area contributed by atoms with E-state index in [0.29, 0.717) is 17.7 Å².